The van der Waals surface area contributed by atoms with Crippen LogP contribution in [-0.4, -0.2) is 34.7 Å². The number of hydrogen-bond acceptors (Lipinski definition) is 3. The number of carbonyl (C=O) groups is 3. The fourth-order valence-corrected chi connectivity index (χ4v) is 4.44. The number of carbonyl (C=O) groups excluding carboxylic acids is 3. The summed E-state index contributed by atoms with van der Waals surface area (Å²) in [7, 11) is 0. The van der Waals surface area contributed by atoms with Gasteiger partial charge in [0.15, 0.2) is 0 Å². The van der Waals surface area contributed by atoms with Gasteiger partial charge in [-0.3, -0.25) is 19.3 Å². The molecule has 6 rings (SSSR count). The van der Waals surface area contributed by atoms with E-state index in [0.717, 1.165) is 10.8 Å². The predicted octanol–water partition coefficient (Wildman–Crippen LogP) is 4.14. The molecular formula is C27H19ClFeN2O3+2. The van der Waals surface area contributed by atoms with Crippen LogP contribution in [0.1, 0.15) is 20.7 Å². The van der Waals surface area contributed by atoms with E-state index >= 15 is 0 Å². The van der Waals surface area contributed by atoms with Crippen molar-refractivity contribution in [2.24, 2.45) is 0 Å². The average Bonchev–Trinajstić information content (AvgIpc) is 3.61. The maximum atomic E-state index is 13.1. The van der Waals surface area contributed by atoms with E-state index in [0.29, 0.717) is 21.8 Å². The van der Waals surface area contributed by atoms with Gasteiger partial charge in [-0.15, -0.1) is 0 Å². The van der Waals surface area contributed by atoms with E-state index < -0.39 is 23.9 Å². The Balaban J connectivity index is 0.000000407. The number of halogens is 1. The molecule has 10 radical (unpaired) electrons. The summed E-state index contributed by atoms with van der Waals surface area (Å²) in [5.41, 5.74) is 1.35. The fraction of sp³-hybridized carbons (Fsp3) is 0.0741. The molecule has 2 aliphatic carbocycles. The first-order valence-corrected chi connectivity index (χ1v) is 10.9. The van der Waals surface area contributed by atoms with Crippen molar-refractivity contribution in [2.45, 2.75) is 12.1 Å². The molecule has 0 spiro atoms. The number of β-lactam (4-membered cyclic amide) rings is 1. The van der Waals surface area contributed by atoms with Gasteiger partial charge in [-0.1, -0.05) is 23.7 Å². The van der Waals surface area contributed by atoms with E-state index in [1.54, 1.807) is 53.4 Å². The molecule has 4 aliphatic rings. The number of amides is 3. The molecule has 1 saturated heterocycles. The Morgan fingerprint density at radius 2 is 1.12 bits per heavy atom. The Kier molecular flexibility index (Phi) is 7.81. The van der Waals surface area contributed by atoms with Crippen molar-refractivity contribution < 1.29 is 31.5 Å². The molecule has 2 atom stereocenters. The van der Waals surface area contributed by atoms with Crippen LogP contribution in [0.3, 0.4) is 0 Å². The number of rotatable bonds is 3. The Bertz CT molecular complexity index is 1020. The van der Waals surface area contributed by atoms with E-state index in [1.165, 1.54) is 0 Å². The molecule has 2 aromatic carbocycles. The summed E-state index contributed by atoms with van der Waals surface area (Å²) in [6.07, 6.45) is 17.5. The zero-order valence-electron chi connectivity index (χ0n) is 17.8. The van der Waals surface area contributed by atoms with Gasteiger partial charge in [-0.2, -0.15) is 0 Å². The van der Waals surface area contributed by atoms with Crippen LogP contribution in [0.5, 0.6) is 0 Å². The molecule has 168 valence electrons. The second-order valence-corrected chi connectivity index (χ2v) is 8.22. The zero-order valence-corrected chi connectivity index (χ0v) is 19.7. The van der Waals surface area contributed by atoms with E-state index in [1.807, 2.05) is 57.8 Å². The van der Waals surface area contributed by atoms with E-state index in [9.17, 15) is 14.4 Å². The summed E-state index contributed by atoms with van der Waals surface area (Å²) in [5.74, 6) is -0.267. The first-order valence-electron chi connectivity index (χ1n) is 10.5. The second kappa shape index (κ2) is 10.6. The van der Waals surface area contributed by atoms with Gasteiger partial charge < -0.3 is 4.90 Å². The van der Waals surface area contributed by atoms with Crippen LogP contribution in [0.4, 0.5) is 5.69 Å². The van der Waals surface area contributed by atoms with Gasteiger partial charge in [0.2, 0.25) is 0 Å². The van der Waals surface area contributed by atoms with Crippen LogP contribution in [0, 0.1) is 63.7 Å². The zero-order chi connectivity index (χ0) is 22.9. The molecule has 0 unspecified atom stereocenters. The topological polar surface area (TPSA) is 57.7 Å². The second-order valence-electron chi connectivity index (χ2n) is 7.78. The molecule has 3 fully saturated rings. The number of nitrogens with zero attached hydrogens (tertiary/aromatic N) is 2. The van der Waals surface area contributed by atoms with Crippen molar-refractivity contribution in [1.29, 1.82) is 0 Å². The summed E-state index contributed by atoms with van der Waals surface area (Å²) in [4.78, 5) is 41.7. The van der Waals surface area contributed by atoms with Gasteiger partial charge in [0, 0.05) is 16.6 Å². The number of anilines is 1. The molecule has 0 aromatic heterocycles. The van der Waals surface area contributed by atoms with Crippen molar-refractivity contribution in [3.8, 4) is 0 Å². The Morgan fingerprint density at radius 1 is 0.618 bits per heavy atom. The molecule has 34 heavy (non-hydrogen) atoms. The van der Waals surface area contributed by atoms with Gasteiger partial charge in [0.1, 0.15) is 6.04 Å². The first-order chi connectivity index (χ1) is 16.1. The molecule has 2 heterocycles. The molecule has 2 aromatic rings. The van der Waals surface area contributed by atoms with Gasteiger partial charge in [0.05, 0.1) is 17.2 Å². The molecule has 5 nitrogen and oxygen atoms in total. The smallest absolute Gasteiger partial charge is 0.304 e. The number of benzene rings is 2. The van der Waals surface area contributed by atoms with Crippen LogP contribution in [-0.2, 0) is 21.9 Å². The number of hydrogen-bond donors (Lipinski definition) is 0. The van der Waals surface area contributed by atoms with Crippen molar-refractivity contribution >= 4 is 35.0 Å². The summed E-state index contributed by atoms with van der Waals surface area (Å²) < 4.78 is 0. The minimum atomic E-state index is -0.870. The van der Waals surface area contributed by atoms with Crippen LogP contribution >= 0.6 is 11.6 Å². The molecule has 0 bridgehead atoms. The van der Waals surface area contributed by atoms with Crippen LogP contribution < -0.4 is 4.90 Å². The third kappa shape index (κ3) is 4.44. The predicted molar refractivity (Wildman–Crippen MR) is 125 cm³/mol. The maximum absolute atomic E-state index is 13.1. The standard InChI is InChI=1S/C22H14ClN2O3.C5H5.Fe/c23-14-9-11-15(12-10-14)24-18(13-5-1-2-6-13)19(22(24)28)25-20(26)16-7-3-4-8-17(16)21(25)27;1-2-4-5-3-1;/h1-12,18-19H;1-5H;/q;;+2/t18-,19-;;/m0../s1. The first kappa shape index (κ1) is 25.0. The summed E-state index contributed by atoms with van der Waals surface area (Å²) in [5, 5.41) is 0.568. The Morgan fingerprint density at radius 3 is 1.62 bits per heavy atom. The minimum absolute atomic E-state index is 0. The summed E-state index contributed by atoms with van der Waals surface area (Å²) in [6.45, 7) is 0. The Hall–Kier alpha value is -2.14. The summed E-state index contributed by atoms with van der Waals surface area (Å²) >= 11 is 5.97. The molecule has 2 aliphatic heterocycles. The molecule has 3 amide bonds. The monoisotopic (exact) mass is 510 g/mol. The molecule has 0 N–H and O–H groups in total. The fourth-order valence-electron chi connectivity index (χ4n) is 4.31. The SMILES string of the molecule is O=C1c2ccccc2C(=O)N1[C@@H]1C(=O)N(c2ccc(Cl)cc2)[C@H]1[C]1[CH][CH][CH][CH]1.[CH]1[CH][CH][CH][CH]1.[Fe+2]. The third-order valence-electron chi connectivity index (χ3n) is 5.86. The molecule has 7 heteroatoms. The van der Waals surface area contributed by atoms with E-state index in [4.69, 9.17) is 11.6 Å². The van der Waals surface area contributed by atoms with Gasteiger partial charge >= 0.3 is 17.1 Å². The number of fused-ring (bicyclic) bond motifs is 1. The quantitative estimate of drug-likeness (QED) is 0.354. The summed E-state index contributed by atoms with van der Waals surface area (Å²) in [6, 6.07) is 12.3. The van der Waals surface area contributed by atoms with Crippen LogP contribution in [0.2, 0.25) is 5.02 Å². The third-order valence-corrected chi connectivity index (χ3v) is 6.11. The van der Waals surface area contributed by atoms with Gasteiger partial charge in [-0.25, -0.2) is 0 Å². The van der Waals surface area contributed by atoms with Gasteiger partial charge in [0.25, 0.3) is 17.7 Å². The maximum Gasteiger partial charge on any atom is 2.00 e. The van der Waals surface area contributed by atoms with E-state index in [-0.39, 0.29) is 23.0 Å². The normalized spacial score (nSPS) is 23.9. The largest absolute Gasteiger partial charge is 2.00 e. The van der Waals surface area contributed by atoms with Crippen molar-refractivity contribution in [3.05, 3.63) is 128 Å². The molecule has 2 saturated carbocycles. The minimum Gasteiger partial charge on any atom is -0.304 e. The average molecular weight is 511 g/mol. The van der Waals surface area contributed by atoms with Crippen molar-refractivity contribution in [1.82, 2.24) is 4.90 Å². The van der Waals surface area contributed by atoms with E-state index in [2.05, 4.69) is 0 Å². The van der Waals surface area contributed by atoms with Crippen LogP contribution in [0.15, 0.2) is 48.5 Å². The van der Waals surface area contributed by atoms with Crippen molar-refractivity contribution in [3.63, 3.8) is 0 Å². The van der Waals surface area contributed by atoms with Gasteiger partial charge in [-0.05, 0) is 94.2 Å². The Labute approximate surface area is 216 Å². The van der Waals surface area contributed by atoms with Crippen LogP contribution in [0.25, 0.3) is 0 Å². The number of imide groups is 1. The van der Waals surface area contributed by atoms with Crippen molar-refractivity contribution in [2.75, 3.05) is 4.90 Å². The molecular weight excluding hydrogens is 492 g/mol.